The summed E-state index contributed by atoms with van der Waals surface area (Å²) in [7, 11) is 0. The zero-order chi connectivity index (χ0) is 12.4. The predicted octanol–water partition coefficient (Wildman–Crippen LogP) is 2.65. The molecule has 1 aromatic rings. The van der Waals surface area contributed by atoms with Gasteiger partial charge < -0.3 is 11.1 Å². The molecule has 0 aromatic heterocycles. The summed E-state index contributed by atoms with van der Waals surface area (Å²) in [4.78, 5) is 0. The first-order valence-electron chi connectivity index (χ1n) is 7.37. The molecule has 2 aliphatic rings. The highest BCUT2D eigenvalue weighted by molar-refractivity contribution is 5.27. The van der Waals surface area contributed by atoms with E-state index in [-0.39, 0.29) is 0 Å². The van der Waals surface area contributed by atoms with Crippen LogP contribution in [0.3, 0.4) is 0 Å². The summed E-state index contributed by atoms with van der Waals surface area (Å²) in [6.07, 6.45) is 6.39. The van der Waals surface area contributed by atoms with Crippen LogP contribution in [0.25, 0.3) is 0 Å². The fourth-order valence-corrected chi connectivity index (χ4v) is 3.20. The molecule has 1 aromatic carbocycles. The second kappa shape index (κ2) is 5.41. The van der Waals surface area contributed by atoms with Crippen molar-refractivity contribution in [3.8, 4) is 0 Å². The van der Waals surface area contributed by atoms with E-state index in [9.17, 15) is 0 Å². The Kier molecular flexibility index (Phi) is 3.67. The van der Waals surface area contributed by atoms with Gasteiger partial charge in [0, 0.05) is 18.0 Å². The van der Waals surface area contributed by atoms with Crippen molar-refractivity contribution in [3.63, 3.8) is 0 Å². The second-order valence-corrected chi connectivity index (χ2v) is 6.05. The van der Waals surface area contributed by atoms with Crippen molar-refractivity contribution in [2.45, 2.75) is 50.1 Å². The first-order valence-corrected chi connectivity index (χ1v) is 7.37. The lowest BCUT2D eigenvalue weighted by Crippen LogP contribution is -2.32. The molecule has 2 nitrogen and oxygen atoms in total. The zero-order valence-corrected chi connectivity index (χ0v) is 11.0. The molecule has 2 unspecified atom stereocenters. The lowest BCUT2D eigenvalue weighted by atomic mass is 9.86. The normalized spacial score (nSPS) is 35.4. The van der Waals surface area contributed by atoms with Gasteiger partial charge in [-0.1, -0.05) is 30.3 Å². The SMILES string of the molecule is N[C@H]1CC[C@H](CNC2CC2c2ccccc2)CC1. The predicted molar refractivity (Wildman–Crippen MR) is 75.5 cm³/mol. The summed E-state index contributed by atoms with van der Waals surface area (Å²) < 4.78 is 0. The van der Waals surface area contributed by atoms with E-state index in [1.54, 1.807) is 0 Å². The number of nitrogens with one attached hydrogen (secondary N) is 1. The van der Waals surface area contributed by atoms with Gasteiger partial charge in [0.05, 0.1) is 0 Å². The fraction of sp³-hybridized carbons (Fsp3) is 0.625. The first-order chi connectivity index (χ1) is 8.83. The molecule has 0 spiro atoms. The molecule has 2 atom stereocenters. The minimum Gasteiger partial charge on any atom is -0.328 e. The first kappa shape index (κ1) is 12.2. The van der Waals surface area contributed by atoms with Crippen LogP contribution in [-0.4, -0.2) is 18.6 Å². The number of rotatable bonds is 4. The van der Waals surface area contributed by atoms with Crippen LogP contribution in [0.15, 0.2) is 30.3 Å². The van der Waals surface area contributed by atoms with E-state index in [2.05, 4.69) is 35.6 Å². The average molecular weight is 244 g/mol. The summed E-state index contributed by atoms with van der Waals surface area (Å²) in [5.74, 6) is 1.62. The smallest absolute Gasteiger partial charge is 0.0143 e. The minimum atomic E-state index is 0.472. The molecule has 2 heteroatoms. The lowest BCUT2D eigenvalue weighted by molar-refractivity contribution is 0.313. The molecular weight excluding hydrogens is 220 g/mol. The molecule has 2 fully saturated rings. The maximum atomic E-state index is 5.94. The Morgan fingerprint density at radius 2 is 1.78 bits per heavy atom. The van der Waals surface area contributed by atoms with E-state index in [4.69, 9.17) is 5.73 Å². The van der Waals surface area contributed by atoms with Crippen LogP contribution >= 0.6 is 0 Å². The summed E-state index contributed by atoms with van der Waals surface area (Å²) in [5.41, 5.74) is 7.44. The molecule has 0 amide bonds. The molecule has 2 saturated carbocycles. The van der Waals surface area contributed by atoms with Crippen LogP contribution in [0.2, 0.25) is 0 Å². The maximum Gasteiger partial charge on any atom is 0.0143 e. The summed E-state index contributed by atoms with van der Waals surface area (Å²) in [6, 6.07) is 12.1. The third-order valence-corrected chi connectivity index (χ3v) is 4.58. The van der Waals surface area contributed by atoms with E-state index < -0.39 is 0 Å². The molecule has 3 rings (SSSR count). The highest BCUT2D eigenvalue weighted by Crippen LogP contribution is 2.40. The van der Waals surface area contributed by atoms with E-state index in [1.807, 2.05) is 0 Å². The molecule has 0 aliphatic heterocycles. The van der Waals surface area contributed by atoms with Crippen LogP contribution in [0, 0.1) is 5.92 Å². The van der Waals surface area contributed by atoms with Crippen molar-refractivity contribution in [2.75, 3.05) is 6.54 Å². The summed E-state index contributed by atoms with van der Waals surface area (Å²) in [6.45, 7) is 1.20. The van der Waals surface area contributed by atoms with Gasteiger partial charge in [-0.15, -0.1) is 0 Å². The Morgan fingerprint density at radius 1 is 1.06 bits per heavy atom. The monoisotopic (exact) mass is 244 g/mol. The fourth-order valence-electron chi connectivity index (χ4n) is 3.20. The number of benzene rings is 1. The van der Waals surface area contributed by atoms with Crippen molar-refractivity contribution in [1.82, 2.24) is 5.32 Å². The van der Waals surface area contributed by atoms with Gasteiger partial charge in [0.25, 0.3) is 0 Å². The van der Waals surface area contributed by atoms with Gasteiger partial charge in [-0.25, -0.2) is 0 Å². The molecule has 0 bridgehead atoms. The van der Waals surface area contributed by atoms with Gasteiger partial charge in [-0.2, -0.15) is 0 Å². The topological polar surface area (TPSA) is 38.0 Å². The van der Waals surface area contributed by atoms with E-state index in [0.29, 0.717) is 6.04 Å². The molecule has 3 N–H and O–H groups in total. The molecule has 18 heavy (non-hydrogen) atoms. The molecule has 0 saturated heterocycles. The Morgan fingerprint density at radius 3 is 2.50 bits per heavy atom. The number of hydrogen-bond acceptors (Lipinski definition) is 2. The Hall–Kier alpha value is -0.860. The van der Waals surface area contributed by atoms with E-state index in [0.717, 1.165) is 17.9 Å². The molecule has 2 aliphatic carbocycles. The largest absolute Gasteiger partial charge is 0.328 e. The number of hydrogen-bond donors (Lipinski definition) is 2. The molecule has 98 valence electrons. The van der Waals surface area contributed by atoms with Crippen molar-refractivity contribution in [3.05, 3.63) is 35.9 Å². The lowest BCUT2D eigenvalue weighted by Gasteiger charge is -2.26. The van der Waals surface area contributed by atoms with Crippen LogP contribution in [0.5, 0.6) is 0 Å². The quantitative estimate of drug-likeness (QED) is 0.854. The van der Waals surface area contributed by atoms with E-state index >= 15 is 0 Å². The van der Waals surface area contributed by atoms with Gasteiger partial charge in [0.15, 0.2) is 0 Å². The highest BCUT2D eigenvalue weighted by Gasteiger charge is 2.38. The van der Waals surface area contributed by atoms with Gasteiger partial charge >= 0.3 is 0 Å². The maximum absolute atomic E-state index is 5.94. The van der Waals surface area contributed by atoms with Crippen LogP contribution < -0.4 is 11.1 Å². The number of nitrogens with two attached hydrogens (primary N) is 1. The third-order valence-electron chi connectivity index (χ3n) is 4.58. The third kappa shape index (κ3) is 2.93. The average Bonchev–Trinajstić information content (AvgIpc) is 3.19. The second-order valence-electron chi connectivity index (χ2n) is 6.05. The van der Waals surface area contributed by atoms with Crippen molar-refractivity contribution in [2.24, 2.45) is 11.7 Å². The van der Waals surface area contributed by atoms with Crippen molar-refractivity contribution >= 4 is 0 Å². The standard InChI is InChI=1S/C16H24N2/c17-14-8-6-12(7-9-14)11-18-16-10-15(16)13-4-2-1-3-5-13/h1-5,12,14-16,18H,6-11,17H2/t12-,14-,15?,16?. The highest BCUT2D eigenvalue weighted by atomic mass is 15.0. The molecular formula is C16H24N2. The van der Waals surface area contributed by atoms with Crippen LogP contribution in [-0.2, 0) is 0 Å². The van der Waals surface area contributed by atoms with Gasteiger partial charge in [0.2, 0.25) is 0 Å². The molecule has 0 radical (unpaired) electrons. The van der Waals surface area contributed by atoms with E-state index in [1.165, 1.54) is 44.2 Å². The summed E-state index contributed by atoms with van der Waals surface area (Å²) in [5, 5.41) is 3.75. The van der Waals surface area contributed by atoms with Crippen molar-refractivity contribution in [1.29, 1.82) is 0 Å². The molecule has 0 heterocycles. The summed E-state index contributed by atoms with van der Waals surface area (Å²) >= 11 is 0. The Labute approximate surface area is 110 Å². The van der Waals surface area contributed by atoms with Crippen LogP contribution in [0.1, 0.15) is 43.6 Å². The van der Waals surface area contributed by atoms with Gasteiger partial charge in [-0.3, -0.25) is 0 Å². The zero-order valence-electron chi connectivity index (χ0n) is 11.0. The van der Waals surface area contributed by atoms with Gasteiger partial charge in [0.1, 0.15) is 0 Å². The Bertz CT molecular complexity index is 368. The minimum absolute atomic E-state index is 0.472. The van der Waals surface area contributed by atoms with Crippen molar-refractivity contribution < 1.29 is 0 Å². The van der Waals surface area contributed by atoms with Gasteiger partial charge in [-0.05, 0) is 50.1 Å². The Balaban J connectivity index is 1.41. The van der Waals surface area contributed by atoms with Crippen LogP contribution in [0.4, 0.5) is 0 Å².